The number of benzene rings is 1. The average Bonchev–Trinajstić information content (AvgIpc) is 3.10. The molecule has 102 valence electrons. The fourth-order valence-electron chi connectivity index (χ4n) is 1.91. The Morgan fingerprint density at radius 3 is 2.70 bits per heavy atom. The third-order valence-corrected chi connectivity index (χ3v) is 3.42. The highest BCUT2D eigenvalue weighted by atomic mass is 79.9. The van der Waals surface area contributed by atoms with E-state index in [-0.39, 0.29) is 4.83 Å². The van der Waals surface area contributed by atoms with Crippen molar-refractivity contribution in [1.82, 2.24) is 24.8 Å². The van der Waals surface area contributed by atoms with E-state index in [9.17, 15) is 0 Å². The molecule has 2 aromatic heterocycles. The number of hydrogen-bond donors (Lipinski definition) is 0. The number of para-hydroxylation sites is 1. The maximum atomic E-state index is 4.55. The summed E-state index contributed by atoms with van der Waals surface area (Å²) in [5.41, 5.74) is 2.92. The number of rotatable bonds is 4. The van der Waals surface area contributed by atoms with E-state index >= 15 is 0 Å². The molecular weight excluding hydrogens is 318 g/mol. The Kier molecular flexibility index (Phi) is 3.64. The van der Waals surface area contributed by atoms with Gasteiger partial charge in [0.25, 0.3) is 0 Å². The van der Waals surface area contributed by atoms with E-state index in [2.05, 4.69) is 31.3 Å². The molecule has 0 bridgehead atoms. The van der Waals surface area contributed by atoms with Crippen molar-refractivity contribution in [3.63, 3.8) is 0 Å². The smallest absolute Gasteiger partial charge is 0.0960 e. The van der Waals surface area contributed by atoms with E-state index in [4.69, 9.17) is 0 Å². The molecule has 0 N–H and O–H groups in total. The van der Waals surface area contributed by atoms with Crippen molar-refractivity contribution in [2.45, 2.75) is 18.3 Å². The minimum absolute atomic E-state index is 0.207. The topological polar surface area (TPSA) is 48.5 Å². The molecule has 0 saturated carbocycles. The molecule has 2 heterocycles. The fourth-order valence-corrected chi connectivity index (χ4v) is 2.12. The third kappa shape index (κ3) is 2.80. The lowest BCUT2D eigenvalue weighted by Gasteiger charge is -2.00. The second-order valence-corrected chi connectivity index (χ2v) is 5.92. The van der Waals surface area contributed by atoms with Gasteiger partial charge in [-0.15, -0.1) is 5.10 Å². The van der Waals surface area contributed by atoms with Gasteiger partial charge in [-0.25, -0.2) is 9.36 Å². The minimum atomic E-state index is 0.207. The predicted molar refractivity (Wildman–Crippen MR) is 80.0 cm³/mol. The van der Waals surface area contributed by atoms with Gasteiger partial charge in [0.2, 0.25) is 0 Å². The number of hydrogen-bond acceptors (Lipinski definition) is 3. The maximum absolute atomic E-state index is 4.55. The highest BCUT2D eigenvalue weighted by molar-refractivity contribution is 9.09. The van der Waals surface area contributed by atoms with Gasteiger partial charge < -0.3 is 0 Å². The molecule has 0 saturated heterocycles. The van der Waals surface area contributed by atoms with Crippen LogP contribution in [0.25, 0.3) is 5.69 Å². The number of aromatic nitrogens is 5. The monoisotopic (exact) mass is 331 g/mol. The first-order valence-corrected chi connectivity index (χ1v) is 7.28. The Labute approximate surface area is 125 Å². The molecule has 0 aliphatic heterocycles. The quantitative estimate of drug-likeness (QED) is 0.690. The van der Waals surface area contributed by atoms with Gasteiger partial charge >= 0.3 is 0 Å². The summed E-state index contributed by atoms with van der Waals surface area (Å²) in [4.78, 5) is 0.207. The van der Waals surface area contributed by atoms with Gasteiger partial charge in [0.1, 0.15) is 0 Å². The summed E-state index contributed by atoms with van der Waals surface area (Å²) in [6, 6.07) is 12.0. The molecule has 5 nitrogen and oxygen atoms in total. The molecule has 1 aromatic carbocycles. The molecule has 0 radical (unpaired) electrons. The van der Waals surface area contributed by atoms with Crippen LogP contribution in [0.1, 0.15) is 23.1 Å². The molecule has 20 heavy (non-hydrogen) atoms. The van der Waals surface area contributed by atoms with E-state index in [1.807, 2.05) is 60.4 Å². The van der Waals surface area contributed by atoms with Gasteiger partial charge in [0.15, 0.2) is 0 Å². The Bertz CT molecular complexity index is 686. The number of nitrogens with zero attached hydrogens (tertiary/aromatic N) is 5. The zero-order chi connectivity index (χ0) is 13.9. The lowest BCUT2D eigenvalue weighted by Crippen LogP contribution is -2.02. The first kappa shape index (κ1) is 13.1. The number of halogens is 1. The van der Waals surface area contributed by atoms with Crippen LogP contribution in [0.3, 0.4) is 0 Å². The van der Waals surface area contributed by atoms with Gasteiger partial charge in [-0.2, -0.15) is 5.10 Å². The van der Waals surface area contributed by atoms with Crippen LogP contribution in [0.2, 0.25) is 0 Å². The summed E-state index contributed by atoms with van der Waals surface area (Å²) in [5.74, 6) is 0. The molecule has 1 atom stereocenters. The molecule has 6 heteroatoms. The van der Waals surface area contributed by atoms with Crippen molar-refractivity contribution in [2.24, 2.45) is 0 Å². The van der Waals surface area contributed by atoms with Gasteiger partial charge in [-0.05, 0) is 25.1 Å². The Hall–Kier alpha value is -1.95. The van der Waals surface area contributed by atoms with Crippen LogP contribution < -0.4 is 0 Å². The van der Waals surface area contributed by atoms with E-state index in [0.29, 0.717) is 6.54 Å². The van der Waals surface area contributed by atoms with Crippen LogP contribution in [0.5, 0.6) is 0 Å². The lowest BCUT2D eigenvalue weighted by atomic mass is 10.3. The normalized spacial score (nSPS) is 12.5. The van der Waals surface area contributed by atoms with Gasteiger partial charge in [0.05, 0.1) is 34.6 Å². The van der Waals surface area contributed by atoms with E-state index in [0.717, 1.165) is 17.1 Å². The summed E-state index contributed by atoms with van der Waals surface area (Å²) >= 11 is 3.48. The van der Waals surface area contributed by atoms with E-state index in [1.165, 1.54) is 0 Å². The highest BCUT2D eigenvalue weighted by Crippen LogP contribution is 2.18. The highest BCUT2D eigenvalue weighted by Gasteiger charge is 2.08. The Morgan fingerprint density at radius 2 is 2.00 bits per heavy atom. The third-order valence-electron chi connectivity index (χ3n) is 2.95. The minimum Gasteiger partial charge on any atom is -0.246 e. The van der Waals surface area contributed by atoms with Crippen molar-refractivity contribution >= 4 is 15.9 Å². The van der Waals surface area contributed by atoms with Crippen LogP contribution in [0.4, 0.5) is 0 Å². The largest absolute Gasteiger partial charge is 0.246 e. The first-order chi connectivity index (χ1) is 9.72. The zero-order valence-corrected chi connectivity index (χ0v) is 12.6. The average molecular weight is 332 g/mol. The SMILES string of the molecule is CC(Br)c1cn(Cc2ccn(-c3ccccc3)n2)nn1. The molecule has 0 amide bonds. The maximum Gasteiger partial charge on any atom is 0.0960 e. The standard InChI is InChI=1S/C14H14BrN5/c1-11(15)14-10-19(18-16-14)9-12-7-8-20(17-12)13-5-3-2-4-6-13/h2-8,10-11H,9H2,1H3. The van der Waals surface area contributed by atoms with Crippen LogP contribution >= 0.6 is 15.9 Å². The summed E-state index contributed by atoms with van der Waals surface area (Å²) in [5, 5.41) is 12.8. The number of alkyl halides is 1. The molecular formula is C14H14BrN5. The molecule has 3 aromatic rings. The molecule has 0 aliphatic carbocycles. The van der Waals surface area contributed by atoms with Gasteiger partial charge in [-0.3, -0.25) is 0 Å². The summed E-state index contributed by atoms with van der Waals surface area (Å²) in [7, 11) is 0. The Morgan fingerprint density at radius 1 is 1.20 bits per heavy atom. The van der Waals surface area contributed by atoms with Gasteiger partial charge in [0, 0.05) is 6.20 Å². The van der Waals surface area contributed by atoms with Gasteiger partial charge in [-0.1, -0.05) is 39.3 Å². The van der Waals surface area contributed by atoms with Crippen molar-refractivity contribution < 1.29 is 0 Å². The molecule has 1 unspecified atom stereocenters. The summed E-state index contributed by atoms with van der Waals surface area (Å²) in [6.07, 6.45) is 3.89. The van der Waals surface area contributed by atoms with Crippen molar-refractivity contribution in [2.75, 3.05) is 0 Å². The first-order valence-electron chi connectivity index (χ1n) is 6.36. The summed E-state index contributed by atoms with van der Waals surface area (Å²) < 4.78 is 3.66. The zero-order valence-electron chi connectivity index (χ0n) is 11.0. The van der Waals surface area contributed by atoms with Crippen LogP contribution in [0, 0.1) is 0 Å². The van der Waals surface area contributed by atoms with E-state index in [1.54, 1.807) is 4.68 Å². The van der Waals surface area contributed by atoms with Crippen LogP contribution in [0.15, 0.2) is 48.8 Å². The van der Waals surface area contributed by atoms with Crippen molar-refractivity contribution in [3.05, 3.63) is 60.2 Å². The molecule has 3 rings (SSSR count). The summed E-state index contributed by atoms with van der Waals surface area (Å²) in [6.45, 7) is 2.64. The van der Waals surface area contributed by atoms with Crippen molar-refractivity contribution in [3.8, 4) is 5.69 Å². The second-order valence-electron chi connectivity index (χ2n) is 4.54. The Balaban J connectivity index is 1.77. The molecule has 0 aliphatic rings. The van der Waals surface area contributed by atoms with Crippen LogP contribution in [-0.4, -0.2) is 24.8 Å². The fraction of sp³-hybridized carbons (Fsp3) is 0.214. The van der Waals surface area contributed by atoms with Crippen molar-refractivity contribution in [1.29, 1.82) is 0 Å². The molecule has 0 spiro atoms. The second kappa shape index (κ2) is 5.58. The van der Waals surface area contributed by atoms with E-state index < -0.39 is 0 Å². The lowest BCUT2D eigenvalue weighted by molar-refractivity contribution is 0.631. The predicted octanol–water partition coefficient (Wildman–Crippen LogP) is 2.97. The molecule has 0 fully saturated rings. The van der Waals surface area contributed by atoms with Crippen LogP contribution in [-0.2, 0) is 6.54 Å².